The van der Waals surface area contributed by atoms with E-state index < -0.39 is 28.4 Å². The summed E-state index contributed by atoms with van der Waals surface area (Å²) in [7, 11) is -3.65. The topological polar surface area (TPSA) is 111 Å². The highest BCUT2D eigenvalue weighted by Gasteiger charge is 2.10. The Morgan fingerprint density at radius 1 is 1.29 bits per heavy atom. The maximum Gasteiger partial charge on any atom is 0.387 e. The monoisotopic (exact) mass is 323 g/mol. The Bertz CT molecular complexity index is 581. The Morgan fingerprint density at radius 2 is 1.95 bits per heavy atom. The molecule has 0 heterocycles. The highest BCUT2D eigenvalue weighted by molar-refractivity contribution is 7.89. The molecule has 7 nitrogen and oxygen atoms in total. The van der Waals surface area contributed by atoms with Crippen molar-refractivity contribution < 1.29 is 26.7 Å². The Balaban J connectivity index is 2.46. The van der Waals surface area contributed by atoms with Gasteiger partial charge in [-0.05, 0) is 6.07 Å². The van der Waals surface area contributed by atoms with Gasteiger partial charge in [0.15, 0.2) is 0 Å². The van der Waals surface area contributed by atoms with Crippen LogP contribution in [-0.4, -0.2) is 33.4 Å². The molecule has 1 aromatic carbocycles. The van der Waals surface area contributed by atoms with Crippen LogP contribution in [0.5, 0.6) is 5.75 Å². The number of benzene rings is 1. The second kappa shape index (κ2) is 7.74. The third-order valence-electron chi connectivity index (χ3n) is 2.30. The Labute approximate surface area is 120 Å². The van der Waals surface area contributed by atoms with Gasteiger partial charge in [0.25, 0.3) is 0 Å². The summed E-state index contributed by atoms with van der Waals surface area (Å²) in [5.41, 5.74) is 0.361. The van der Waals surface area contributed by atoms with E-state index in [0.717, 1.165) is 0 Å². The van der Waals surface area contributed by atoms with Gasteiger partial charge in [0, 0.05) is 18.7 Å². The highest BCUT2D eigenvalue weighted by atomic mass is 32.2. The minimum absolute atomic E-state index is 0.0441. The first-order valence-electron chi connectivity index (χ1n) is 5.83. The molecule has 0 aromatic heterocycles. The number of hydrogen-bond donors (Lipinski definition) is 3. The molecule has 0 fully saturated rings. The molecule has 0 unspecified atom stereocenters. The van der Waals surface area contributed by atoms with Crippen molar-refractivity contribution in [3.63, 3.8) is 0 Å². The van der Waals surface area contributed by atoms with E-state index in [0.29, 0.717) is 5.56 Å². The van der Waals surface area contributed by atoms with E-state index in [-0.39, 0.29) is 18.8 Å². The molecule has 1 aromatic rings. The molecule has 0 saturated heterocycles. The lowest BCUT2D eigenvalue weighted by Crippen LogP contribution is -2.38. The number of amides is 2. The maximum atomic E-state index is 12.2. The lowest BCUT2D eigenvalue weighted by molar-refractivity contribution is -0.0504. The van der Waals surface area contributed by atoms with Crippen LogP contribution in [0.2, 0.25) is 0 Å². The minimum Gasteiger partial charge on any atom is -0.434 e. The van der Waals surface area contributed by atoms with E-state index in [1.807, 2.05) is 0 Å². The van der Waals surface area contributed by atoms with Gasteiger partial charge in [-0.1, -0.05) is 18.2 Å². The van der Waals surface area contributed by atoms with Crippen LogP contribution in [0, 0.1) is 0 Å². The van der Waals surface area contributed by atoms with Gasteiger partial charge in [-0.2, -0.15) is 8.78 Å². The van der Waals surface area contributed by atoms with Crippen molar-refractivity contribution in [1.82, 2.24) is 10.6 Å². The first-order chi connectivity index (χ1) is 9.78. The van der Waals surface area contributed by atoms with Gasteiger partial charge in [0.05, 0.1) is 5.75 Å². The quantitative estimate of drug-likeness (QED) is 0.673. The van der Waals surface area contributed by atoms with Crippen molar-refractivity contribution in [3.8, 4) is 5.75 Å². The summed E-state index contributed by atoms with van der Waals surface area (Å²) in [6, 6.07) is 5.34. The smallest absolute Gasteiger partial charge is 0.387 e. The van der Waals surface area contributed by atoms with Crippen LogP contribution >= 0.6 is 0 Å². The predicted octanol–water partition coefficient (Wildman–Crippen LogP) is 0.376. The number of primary sulfonamides is 1. The number of urea groups is 1. The van der Waals surface area contributed by atoms with Crippen LogP contribution in [0.1, 0.15) is 5.56 Å². The molecular weight excluding hydrogens is 308 g/mol. The number of sulfonamides is 1. The van der Waals surface area contributed by atoms with Gasteiger partial charge in [0.2, 0.25) is 10.0 Å². The number of nitrogens with one attached hydrogen (secondary N) is 2. The molecule has 0 aliphatic carbocycles. The average Bonchev–Trinajstić information content (AvgIpc) is 2.35. The predicted molar refractivity (Wildman–Crippen MR) is 71.3 cm³/mol. The molecular formula is C11H15F2N3O4S. The number of carbonyl (C=O) groups excluding carboxylic acids is 1. The maximum absolute atomic E-state index is 12.2. The van der Waals surface area contributed by atoms with Crippen molar-refractivity contribution in [2.75, 3.05) is 12.3 Å². The number of hydrogen-bond acceptors (Lipinski definition) is 4. The van der Waals surface area contributed by atoms with Gasteiger partial charge in [-0.15, -0.1) is 0 Å². The van der Waals surface area contributed by atoms with E-state index in [4.69, 9.17) is 5.14 Å². The summed E-state index contributed by atoms with van der Waals surface area (Å²) in [6.45, 7) is -3.17. The minimum atomic E-state index is -3.65. The number of ether oxygens (including phenoxy) is 1. The Hall–Kier alpha value is -1.94. The lowest BCUT2D eigenvalue weighted by Gasteiger charge is -2.11. The van der Waals surface area contributed by atoms with E-state index in [1.165, 1.54) is 18.2 Å². The Morgan fingerprint density at radius 3 is 2.57 bits per heavy atom. The van der Waals surface area contributed by atoms with Crippen LogP contribution in [0.15, 0.2) is 24.3 Å². The summed E-state index contributed by atoms with van der Waals surface area (Å²) in [6.07, 6.45) is 0. The fraction of sp³-hybridized carbons (Fsp3) is 0.364. The zero-order chi connectivity index (χ0) is 15.9. The molecule has 0 atom stereocenters. The van der Waals surface area contributed by atoms with Gasteiger partial charge < -0.3 is 15.4 Å². The standard InChI is InChI=1S/C11H15F2N3O4S/c12-10(13)20-9-4-2-1-3-8(9)7-16-11(17)15-5-6-21(14,18)19/h1-4,10H,5-7H2,(H2,14,18,19)(H2,15,16,17). The normalized spacial score (nSPS) is 11.2. The van der Waals surface area contributed by atoms with E-state index in [9.17, 15) is 22.0 Å². The first kappa shape index (κ1) is 17.1. The van der Waals surface area contributed by atoms with Crippen molar-refractivity contribution in [2.24, 2.45) is 5.14 Å². The first-order valence-corrected chi connectivity index (χ1v) is 7.54. The molecule has 0 saturated carbocycles. The molecule has 1 rings (SSSR count). The van der Waals surface area contributed by atoms with Crippen molar-refractivity contribution in [2.45, 2.75) is 13.2 Å². The second-order valence-corrected chi connectivity index (χ2v) is 5.70. The summed E-state index contributed by atoms with van der Waals surface area (Å²) in [5, 5.41) is 9.43. The molecule has 0 aliphatic rings. The SMILES string of the molecule is NS(=O)(=O)CCNC(=O)NCc1ccccc1OC(F)F. The third-order valence-corrected chi connectivity index (χ3v) is 3.07. The average molecular weight is 323 g/mol. The molecule has 4 N–H and O–H groups in total. The molecule has 118 valence electrons. The zero-order valence-corrected chi connectivity index (χ0v) is 11.7. The molecule has 2 amide bonds. The molecule has 21 heavy (non-hydrogen) atoms. The van der Waals surface area contributed by atoms with Gasteiger partial charge >= 0.3 is 12.6 Å². The number of para-hydroxylation sites is 1. The van der Waals surface area contributed by atoms with Gasteiger partial charge in [-0.3, -0.25) is 0 Å². The van der Waals surface area contributed by atoms with Crippen LogP contribution in [0.3, 0.4) is 0 Å². The molecule has 0 radical (unpaired) electrons. The van der Waals surface area contributed by atoms with Crippen molar-refractivity contribution in [1.29, 1.82) is 0 Å². The Kier molecular flexibility index (Phi) is 6.31. The fourth-order valence-corrected chi connectivity index (χ4v) is 1.79. The number of halogens is 2. The molecule has 10 heteroatoms. The van der Waals surface area contributed by atoms with E-state index >= 15 is 0 Å². The van der Waals surface area contributed by atoms with Crippen LogP contribution in [-0.2, 0) is 16.6 Å². The second-order valence-electron chi connectivity index (χ2n) is 3.96. The van der Waals surface area contributed by atoms with E-state index in [2.05, 4.69) is 15.4 Å². The summed E-state index contributed by atoms with van der Waals surface area (Å²) >= 11 is 0. The largest absolute Gasteiger partial charge is 0.434 e. The van der Waals surface area contributed by atoms with Gasteiger partial charge in [0.1, 0.15) is 5.75 Å². The summed E-state index contributed by atoms with van der Waals surface area (Å²) < 4.78 is 50.0. The number of nitrogens with two attached hydrogens (primary N) is 1. The van der Waals surface area contributed by atoms with E-state index in [1.54, 1.807) is 6.07 Å². The van der Waals surface area contributed by atoms with Crippen molar-refractivity contribution >= 4 is 16.1 Å². The van der Waals surface area contributed by atoms with Gasteiger partial charge in [-0.25, -0.2) is 18.4 Å². The highest BCUT2D eigenvalue weighted by Crippen LogP contribution is 2.19. The third kappa shape index (κ3) is 7.42. The summed E-state index contributed by atoms with van der Waals surface area (Å²) in [4.78, 5) is 11.4. The number of carbonyl (C=O) groups is 1. The molecule has 0 bridgehead atoms. The molecule has 0 aliphatic heterocycles. The van der Waals surface area contributed by atoms with Crippen molar-refractivity contribution in [3.05, 3.63) is 29.8 Å². The van der Waals surface area contributed by atoms with Crippen LogP contribution in [0.25, 0.3) is 0 Å². The van der Waals surface area contributed by atoms with Crippen LogP contribution < -0.4 is 20.5 Å². The number of rotatable bonds is 7. The lowest BCUT2D eigenvalue weighted by atomic mass is 10.2. The fourth-order valence-electron chi connectivity index (χ4n) is 1.41. The summed E-state index contributed by atoms with van der Waals surface area (Å²) in [5.74, 6) is -0.441. The molecule has 0 spiro atoms. The zero-order valence-electron chi connectivity index (χ0n) is 10.9. The van der Waals surface area contributed by atoms with Crippen LogP contribution in [0.4, 0.5) is 13.6 Å². The number of alkyl halides is 2.